The van der Waals surface area contributed by atoms with Gasteiger partial charge in [0, 0.05) is 17.3 Å². The van der Waals surface area contributed by atoms with Crippen LogP contribution in [0.1, 0.15) is 38.1 Å². The lowest BCUT2D eigenvalue weighted by Crippen LogP contribution is -2.30. The van der Waals surface area contributed by atoms with Crippen molar-refractivity contribution in [1.29, 1.82) is 0 Å². The highest BCUT2D eigenvalue weighted by molar-refractivity contribution is 7.92. The highest BCUT2D eigenvalue weighted by Crippen LogP contribution is 2.39. The minimum atomic E-state index is -4.23. The van der Waals surface area contributed by atoms with Gasteiger partial charge in [0.2, 0.25) is 0 Å². The number of hydrogen-bond donors (Lipinski definition) is 2. The van der Waals surface area contributed by atoms with Gasteiger partial charge in [0.15, 0.2) is 5.82 Å². The van der Waals surface area contributed by atoms with Crippen LogP contribution < -0.4 is 9.03 Å². The smallest absolute Gasteiger partial charge is 0.326 e. The van der Waals surface area contributed by atoms with Gasteiger partial charge in [0.25, 0.3) is 5.91 Å². The highest BCUT2D eigenvalue weighted by Gasteiger charge is 2.38. The second-order valence-corrected chi connectivity index (χ2v) is 8.43. The topological polar surface area (TPSA) is 105 Å². The lowest BCUT2D eigenvalue weighted by atomic mass is 9.96. The van der Waals surface area contributed by atoms with Crippen LogP contribution in [0, 0.1) is 5.82 Å². The van der Waals surface area contributed by atoms with E-state index in [1.54, 1.807) is 10.9 Å². The summed E-state index contributed by atoms with van der Waals surface area (Å²) < 4.78 is 43.3. The van der Waals surface area contributed by atoms with Crippen LogP contribution in [0.25, 0.3) is 11.1 Å². The van der Waals surface area contributed by atoms with Crippen LogP contribution in [-0.4, -0.2) is 35.8 Å². The maximum absolute atomic E-state index is 15.2. The SMILES string of the molecule is O=C1CN(c2c(O)ccc(-c3cnn(C4CCCCC4)c3)c2F)S(=O)(=O)N1. The van der Waals surface area contributed by atoms with E-state index in [4.69, 9.17) is 0 Å². The molecule has 27 heavy (non-hydrogen) atoms. The maximum Gasteiger partial charge on any atom is 0.326 e. The second kappa shape index (κ2) is 6.52. The molecule has 1 aromatic carbocycles. The van der Waals surface area contributed by atoms with Crippen molar-refractivity contribution in [1.82, 2.24) is 14.5 Å². The van der Waals surface area contributed by atoms with E-state index in [9.17, 15) is 18.3 Å². The molecular weight excluding hydrogens is 375 g/mol. The van der Waals surface area contributed by atoms with E-state index in [0.29, 0.717) is 9.87 Å². The normalized spacial score (nSPS) is 20.0. The van der Waals surface area contributed by atoms with Crippen molar-refractivity contribution in [3.05, 3.63) is 30.3 Å². The molecule has 1 saturated heterocycles. The van der Waals surface area contributed by atoms with Crippen molar-refractivity contribution < 1.29 is 22.7 Å². The number of phenolic OH excluding ortho intramolecular Hbond substituents is 1. The molecule has 1 amide bonds. The molecular formula is C17H19FN4O4S. The van der Waals surface area contributed by atoms with E-state index in [1.807, 2.05) is 4.68 Å². The molecule has 10 heteroatoms. The number of amides is 1. The van der Waals surface area contributed by atoms with Crippen molar-refractivity contribution in [2.24, 2.45) is 0 Å². The number of nitrogens with one attached hydrogen (secondary N) is 1. The van der Waals surface area contributed by atoms with Gasteiger partial charge >= 0.3 is 10.2 Å². The zero-order valence-electron chi connectivity index (χ0n) is 14.4. The van der Waals surface area contributed by atoms with Crippen LogP contribution in [0.5, 0.6) is 5.75 Å². The summed E-state index contributed by atoms with van der Waals surface area (Å²) in [6.07, 6.45) is 8.76. The summed E-state index contributed by atoms with van der Waals surface area (Å²) in [5.41, 5.74) is 0.0471. The molecule has 2 fully saturated rings. The molecule has 1 aliphatic heterocycles. The third kappa shape index (κ3) is 3.14. The Hall–Kier alpha value is -2.62. The molecule has 1 aliphatic carbocycles. The Kier molecular flexibility index (Phi) is 4.29. The molecule has 8 nitrogen and oxygen atoms in total. The Balaban J connectivity index is 1.73. The average Bonchev–Trinajstić information content (AvgIpc) is 3.20. The molecule has 4 rings (SSSR count). The van der Waals surface area contributed by atoms with Gasteiger partial charge in [-0.3, -0.25) is 9.48 Å². The van der Waals surface area contributed by atoms with Gasteiger partial charge in [-0.25, -0.2) is 13.4 Å². The van der Waals surface area contributed by atoms with E-state index >= 15 is 4.39 Å². The average molecular weight is 394 g/mol. The van der Waals surface area contributed by atoms with Gasteiger partial charge in [-0.05, 0) is 25.0 Å². The highest BCUT2D eigenvalue weighted by atomic mass is 32.2. The van der Waals surface area contributed by atoms with E-state index in [1.165, 1.54) is 24.8 Å². The number of carbonyl (C=O) groups is 1. The summed E-state index contributed by atoms with van der Waals surface area (Å²) >= 11 is 0. The Morgan fingerprint density at radius 2 is 1.96 bits per heavy atom. The summed E-state index contributed by atoms with van der Waals surface area (Å²) in [4.78, 5) is 11.4. The monoisotopic (exact) mass is 394 g/mol. The lowest BCUT2D eigenvalue weighted by molar-refractivity contribution is -0.117. The van der Waals surface area contributed by atoms with E-state index in [2.05, 4.69) is 5.10 Å². The molecule has 1 aromatic heterocycles. The lowest BCUT2D eigenvalue weighted by Gasteiger charge is -2.21. The number of aromatic hydroxyl groups is 1. The number of halogens is 1. The largest absolute Gasteiger partial charge is 0.506 e. The van der Waals surface area contributed by atoms with Crippen molar-refractivity contribution >= 4 is 21.8 Å². The number of rotatable bonds is 3. The molecule has 0 atom stereocenters. The summed E-state index contributed by atoms with van der Waals surface area (Å²) in [5.74, 6) is -2.27. The minimum Gasteiger partial charge on any atom is -0.506 e. The molecule has 2 N–H and O–H groups in total. The van der Waals surface area contributed by atoms with Crippen LogP contribution in [0.15, 0.2) is 24.5 Å². The molecule has 2 aliphatic rings. The first-order valence-electron chi connectivity index (χ1n) is 8.76. The first-order chi connectivity index (χ1) is 12.9. The zero-order valence-corrected chi connectivity index (χ0v) is 15.2. The summed E-state index contributed by atoms with van der Waals surface area (Å²) in [7, 11) is -4.23. The fourth-order valence-corrected chi connectivity index (χ4v) is 4.85. The molecule has 1 saturated carbocycles. The fraction of sp³-hybridized carbons (Fsp3) is 0.412. The summed E-state index contributed by atoms with van der Waals surface area (Å²) in [6, 6.07) is 2.85. The van der Waals surface area contributed by atoms with Crippen molar-refractivity contribution in [2.75, 3.05) is 10.8 Å². The number of phenols is 1. The zero-order chi connectivity index (χ0) is 19.2. The van der Waals surface area contributed by atoms with Gasteiger partial charge < -0.3 is 5.11 Å². The number of hydrogen-bond acceptors (Lipinski definition) is 5. The first-order valence-corrected chi connectivity index (χ1v) is 10.2. The van der Waals surface area contributed by atoms with Crippen LogP contribution in [0.3, 0.4) is 0 Å². The predicted molar refractivity (Wildman–Crippen MR) is 95.8 cm³/mol. The maximum atomic E-state index is 15.2. The van der Waals surface area contributed by atoms with Crippen LogP contribution in [-0.2, 0) is 15.0 Å². The quantitative estimate of drug-likeness (QED) is 0.829. The van der Waals surface area contributed by atoms with Crippen LogP contribution in [0.2, 0.25) is 0 Å². The molecule has 0 radical (unpaired) electrons. The number of anilines is 1. The van der Waals surface area contributed by atoms with Gasteiger partial charge in [-0.1, -0.05) is 19.3 Å². The summed E-state index contributed by atoms with van der Waals surface area (Å²) in [5, 5.41) is 14.4. The summed E-state index contributed by atoms with van der Waals surface area (Å²) in [6.45, 7) is -0.586. The third-order valence-corrected chi connectivity index (χ3v) is 6.40. The van der Waals surface area contributed by atoms with Crippen molar-refractivity contribution in [3.63, 3.8) is 0 Å². The van der Waals surface area contributed by atoms with Crippen LogP contribution in [0.4, 0.5) is 10.1 Å². The number of nitrogens with zero attached hydrogens (tertiary/aromatic N) is 3. The number of carbonyl (C=O) groups excluding carboxylic acids is 1. The predicted octanol–water partition coefficient (Wildman–Crippen LogP) is 2.08. The first kappa shape index (κ1) is 17.8. The van der Waals surface area contributed by atoms with E-state index < -0.39 is 39.9 Å². The Labute approximate surface area is 155 Å². The molecule has 2 aromatic rings. The van der Waals surface area contributed by atoms with Gasteiger partial charge in [-0.15, -0.1) is 0 Å². The van der Waals surface area contributed by atoms with E-state index in [-0.39, 0.29) is 11.6 Å². The third-order valence-electron chi connectivity index (χ3n) is 5.03. The fourth-order valence-electron chi connectivity index (χ4n) is 3.68. The Morgan fingerprint density at radius 3 is 2.63 bits per heavy atom. The molecule has 144 valence electrons. The van der Waals surface area contributed by atoms with Gasteiger partial charge in [0.1, 0.15) is 18.0 Å². The number of aromatic nitrogens is 2. The second-order valence-electron chi connectivity index (χ2n) is 6.83. The van der Waals surface area contributed by atoms with Gasteiger partial charge in [0.05, 0.1) is 12.2 Å². The van der Waals surface area contributed by atoms with Crippen molar-refractivity contribution in [2.45, 2.75) is 38.1 Å². The Bertz CT molecular complexity index is 998. The molecule has 0 spiro atoms. The molecule has 2 heterocycles. The van der Waals surface area contributed by atoms with Gasteiger partial charge in [-0.2, -0.15) is 13.5 Å². The number of benzene rings is 1. The van der Waals surface area contributed by atoms with Crippen molar-refractivity contribution in [3.8, 4) is 16.9 Å². The molecule has 0 bridgehead atoms. The standard InChI is InChI=1S/C17H19FN4O4S/c18-16-13(11-8-19-21(9-11)12-4-2-1-3-5-12)6-7-14(23)17(16)22-10-15(24)20-27(22,25)26/h6-9,12,23H,1-5,10H2,(H,20,24). The van der Waals surface area contributed by atoms with E-state index in [0.717, 1.165) is 25.7 Å². The molecule has 0 unspecified atom stereocenters. The van der Waals surface area contributed by atoms with Crippen LogP contribution >= 0.6 is 0 Å². The minimum absolute atomic E-state index is 0.111. The Morgan fingerprint density at radius 1 is 1.22 bits per heavy atom.